The Hall–Kier alpha value is -3.55. The molecule has 1 amide bonds. The number of piperidine rings is 1. The average Bonchev–Trinajstić information content (AvgIpc) is 2.79. The second-order valence-corrected chi connectivity index (χ2v) is 7.91. The van der Waals surface area contributed by atoms with Gasteiger partial charge in [-0.1, -0.05) is 30.3 Å². The fourth-order valence-corrected chi connectivity index (χ4v) is 4.25. The molecule has 0 unspecified atom stereocenters. The summed E-state index contributed by atoms with van der Waals surface area (Å²) in [6.07, 6.45) is 1.78. The molecular weight excluding hydrogens is 396 g/mol. The van der Waals surface area contributed by atoms with Crippen LogP contribution in [0.4, 0.5) is 5.95 Å². The normalized spacial score (nSPS) is 15.6. The van der Waals surface area contributed by atoms with Crippen LogP contribution in [0.25, 0.3) is 10.9 Å². The van der Waals surface area contributed by atoms with Crippen molar-refractivity contribution < 1.29 is 14.3 Å². The summed E-state index contributed by atoms with van der Waals surface area (Å²) >= 11 is 0. The number of H-pyrrole nitrogens is 1. The maximum Gasteiger partial charge on any atom is 0.260 e. The zero-order valence-corrected chi connectivity index (χ0v) is 17.7. The second kappa shape index (κ2) is 8.29. The van der Waals surface area contributed by atoms with Crippen molar-refractivity contribution in [2.24, 2.45) is 11.1 Å². The van der Waals surface area contributed by atoms with E-state index in [1.807, 2.05) is 35.2 Å². The molecule has 1 aromatic heterocycles. The lowest BCUT2D eigenvalue weighted by Crippen LogP contribution is -2.49. The van der Waals surface area contributed by atoms with Crippen molar-refractivity contribution in [3.05, 3.63) is 58.4 Å². The number of aromatic amines is 1. The first-order chi connectivity index (χ1) is 15.0. The zero-order chi connectivity index (χ0) is 22.0. The van der Waals surface area contributed by atoms with Gasteiger partial charge in [0.15, 0.2) is 11.5 Å². The van der Waals surface area contributed by atoms with E-state index in [0.717, 1.165) is 5.56 Å². The molecule has 3 N–H and O–H groups in total. The summed E-state index contributed by atoms with van der Waals surface area (Å²) in [4.78, 5) is 34.6. The van der Waals surface area contributed by atoms with E-state index in [4.69, 9.17) is 15.2 Å². The minimum absolute atomic E-state index is 0.253. The fraction of sp³-hybridized carbons (Fsp3) is 0.348. The monoisotopic (exact) mass is 422 g/mol. The maximum absolute atomic E-state index is 12.7. The number of aromatic nitrogens is 2. The number of methoxy groups -OCH3 is 2. The van der Waals surface area contributed by atoms with Gasteiger partial charge in [0, 0.05) is 19.2 Å². The molecule has 0 aliphatic carbocycles. The van der Waals surface area contributed by atoms with Gasteiger partial charge in [0.05, 0.1) is 30.5 Å². The number of benzene rings is 2. The van der Waals surface area contributed by atoms with E-state index in [0.29, 0.717) is 60.7 Å². The number of fused-ring (bicyclic) bond motifs is 1. The Kier molecular flexibility index (Phi) is 5.54. The first-order valence-corrected chi connectivity index (χ1v) is 10.2. The molecule has 31 heavy (non-hydrogen) atoms. The van der Waals surface area contributed by atoms with Crippen LogP contribution in [0.5, 0.6) is 11.5 Å². The van der Waals surface area contributed by atoms with Crippen molar-refractivity contribution in [2.45, 2.75) is 19.3 Å². The van der Waals surface area contributed by atoms with Gasteiger partial charge in [-0.15, -0.1) is 0 Å². The maximum atomic E-state index is 12.7. The van der Waals surface area contributed by atoms with Gasteiger partial charge >= 0.3 is 0 Å². The second-order valence-electron chi connectivity index (χ2n) is 7.91. The molecule has 8 heteroatoms. The summed E-state index contributed by atoms with van der Waals surface area (Å²) in [7, 11) is 3.06. The van der Waals surface area contributed by atoms with Gasteiger partial charge in [0.2, 0.25) is 11.9 Å². The van der Waals surface area contributed by atoms with Crippen LogP contribution in [0.3, 0.4) is 0 Å². The Balaban J connectivity index is 1.60. The molecule has 1 fully saturated rings. The van der Waals surface area contributed by atoms with Crippen LogP contribution in [0.2, 0.25) is 0 Å². The van der Waals surface area contributed by atoms with Gasteiger partial charge < -0.3 is 20.1 Å². The highest BCUT2D eigenvalue weighted by Crippen LogP contribution is 2.36. The third-order valence-electron chi connectivity index (χ3n) is 6.13. The number of hydrogen-bond acceptors (Lipinski definition) is 6. The SMILES string of the molecule is COc1cc2nc(N3CCC(Cc4ccccc4)(C(N)=O)CC3)[nH]c(=O)c2cc1OC. The summed E-state index contributed by atoms with van der Waals surface area (Å²) in [6.45, 7) is 1.13. The van der Waals surface area contributed by atoms with E-state index in [1.54, 1.807) is 19.2 Å². The smallest absolute Gasteiger partial charge is 0.260 e. The van der Waals surface area contributed by atoms with Gasteiger partial charge in [-0.25, -0.2) is 4.98 Å². The van der Waals surface area contributed by atoms with E-state index in [-0.39, 0.29) is 11.5 Å². The molecule has 0 spiro atoms. The van der Waals surface area contributed by atoms with Gasteiger partial charge in [-0.05, 0) is 30.9 Å². The van der Waals surface area contributed by atoms with E-state index in [1.165, 1.54) is 7.11 Å². The van der Waals surface area contributed by atoms with Crippen LogP contribution in [0.1, 0.15) is 18.4 Å². The van der Waals surface area contributed by atoms with Crippen molar-refractivity contribution in [3.8, 4) is 11.5 Å². The number of amides is 1. The van der Waals surface area contributed by atoms with Crippen LogP contribution in [0, 0.1) is 5.41 Å². The quantitative estimate of drug-likeness (QED) is 0.630. The molecule has 4 rings (SSSR count). The van der Waals surface area contributed by atoms with E-state index < -0.39 is 5.41 Å². The first kappa shape index (κ1) is 20.7. The lowest BCUT2D eigenvalue weighted by Gasteiger charge is -2.40. The van der Waals surface area contributed by atoms with Gasteiger partial charge in [-0.2, -0.15) is 0 Å². The van der Waals surface area contributed by atoms with Crippen molar-refractivity contribution in [2.75, 3.05) is 32.2 Å². The molecule has 8 nitrogen and oxygen atoms in total. The molecule has 1 saturated heterocycles. The predicted octanol–water partition coefficient (Wildman–Crippen LogP) is 2.25. The van der Waals surface area contributed by atoms with Gasteiger partial charge in [0.25, 0.3) is 5.56 Å². The van der Waals surface area contributed by atoms with Gasteiger partial charge in [0.1, 0.15) is 0 Å². The number of nitrogens with two attached hydrogens (primary N) is 1. The molecule has 162 valence electrons. The standard InChI is InChI=1S/C23H26N4O4/c1-30-18-12-16-17(13-19(18)31-2)25-22(26-20(16)28)27-10-8-23(9-11-27,21(24)29)14-15-6-4-3-5-7-15/h3-7,12-13H,8-11,14H2,1-2H3,(H2,24,29)(H,25,26,28). The number of hydrogen-bond donors (Lipinski definition) is 2. The Labute approximate surface area is 180 Å². The molecule has 1 aliphatic heterocycles. The van der Waals surface area contributed by atoms with Crippen LogP contribution in [0.15, 0.2) is 47.3 Å². The lowest BCUT2D eigenvalue weighted by molar-refractivity contribution is -0.128. The number of rotatable bonds is 6. The molecule has 0 atom stereocenters. The number of ether oxygens (including phenoxy) is 2. The summed E-state index contributed by atoms with van der Waals surface area (Å²) in [5.74, 6) is 1.17. The Morgan fingerprint density at radius 3 is 2.39 bits per heavy atom. The van der Waals surface area contributed by atoms with Crippen LogP contribution in [-0.2, 0) is 11.2 Å². The fourth-order valence-electron chi connectivity index (χ4n) is 4.25. The summed E-state index contributed by atoms with van der Waals surface area (Å²) < 4.78 is 10.6. The largest absolute Gasteiger partial charge is 0.493 e. The van der Waals surface area contributed by atoms with E-state index in [2.05, 4.69) is 9.97 Å². The molecule has 1 aliphatic rings. The van der Waals surface area contributed by atoms with Crippen LogP contribution < -0.4 is 25.7 Å². The van der Waals surface area contributed by atoms with Crippen molar-refractivity contribution in [3.63, 3.8) is 0 Å². The third-order valence-corrected chi connectivity index (χ3v) is 6.13. The Morgan fingerprint density at radius 1 is 1.13 bits per heavy atom. The molecule has 0 bridgehead atoms. The van der Waals surface area contributed by atoms with Crippen molar-refractivity contribution in [1.82, 2.24) is 9.97 Å². The molecule has 3 aromatic rings. The number of primary amides is 1. The number of carbonyl (C=O) groups is 1. The first-order valence-electron chi connectivity index (χ1n) is 10.2. The zero-order valence-electron chi connectivity index (χ0n) is 17.7. The average molecular weight is 422 g/mol. The molecule has 0 radical (unpaired) electrons. The van der Waals surface area contributed by atoms with Crippen molar-refractivity contribution >= 4 is 22.8 Å². The van der Waals surface area contributed by atoms with Crippen LogP contribution >= 0.6 is 0 Å². The third kappa shape index (κ3) is 3.93. The minimum atomic E-state index is -0.606. The summed E-state index contributed by atoms with van der Waals surface area (Å²) in [6, 6.07) is 13.2. The number of nitrogens with one attached hydrogen (secondary N) is 1. The Morgan fingerprint density at radius 2 is 1.77 bits per heavy atom. The Bertz CT molecular complexity index is 1150. The van der Waals surface area contributed by atoms with E-state index >= 15 is 0 Å². The van der Waals surface area contributed by atoms with Gasteiger partial charge in [-0.3, -0.25) is 14.6 Å². The molecule has 2 aromatic carbocycles. The topological polar surface area (TPSA) is 111 Å². The number of anilines is 1. The molecular formula is C23H26N4O4. The minimum Gasteiger partial charge on any atom is -0.493 e. The highest BCUT2D eigenvalue weighted by atomic mass is 16.5. The van der Waals surface area contributed by atoms with Crippen molar-refractivity contribution in [1.29, 1.82) is 0 Å². The number of nitrogens with zero attached hydrogens (tertiary/aromatic N) is 2. The highest BCUT2D eigenvalue weighted by Gasteiger charge is 2.40. The van der Waals surface area contributed by atoms with Crippen LogP contribution in [-0.4, -0.2) is 43.2 Å². The highest BCUT2D eigenvalue weighted by molar-refractivity contribution is 5.83. The lowest BCUT2D eigenvalue weighted by atomic mass is 9.73. The number of carbonyl (C=O) groups excluding carboxylic acids is 1. The molecule has 2 heterocycles. The summed E-state index contributed by atoms with van der Waals surface area (Å²) in [5.41, 5.74) is 6.59. The summed E-state index contributed by atoms with van der Waals surface area (Å²) in [5, 5.41) is 0.425. The predicted molar refractivity (Wildman–Crippen MR) is 119 cm³/mol. The van der Waals surface area contributed by atoms with E-state index in [9.17, 15) is 9.59 Å². The molecule has 0 saturated carbocycles.